The number of aromatic amines is 1. The number of hydrogen-bond acceptors (Lipinski definition) is 1. The Hall–Kier alpha value is -1.32. The van der Waals surface area contributed by atoms with Crippen LogP contribution < -0.4 is 5.32 Å². The molecule has 0 bridgehead atoms. The van der Waals surface area contributed by atoms with Crippen molar-refractivity contribution < 1.29 is 0 Å². The molecular weight excluding hydrogens is 324 g/mol. The van der Waals surface area contributed by atoms with Crippen molar-refractivity contribution in [3.8, 4) is 0 Å². The highest BCUT2D eigenvalue weighted by Crippen LogP contribution is 2.35. The first-order valence-corrected chi connectivity index (χ1v) is 8.48. The smallest absolute Gasteiger partial charge is 0.0478 e. The van der Waals surface area contributed by atoms with Gasteiger partial charge in [0.25, 0.3) is 0 Å². The van der Waals surface area contributed by atoms with Crippen molar-refractivity contribution in [2.45, 2.75) is 31.7 Å². The molecule has 2 aromatic rings. The molecule has 4 rings (SSSR count). The van der Waals surface area contributed by atoms with E-state index in [0.717, 1.165) is 17.4 Å². The summed E-state index contributed by atoms with van der Waals surface area (Å²) in [5.74, 6) is 0. The Balaban J connectivity index is 1.63. The van der Waals surface area contributed by atoms with Gasteiger partial charge in [0.05, 0.1) is 0 Å². The topological polar surface area (TPSA) is 27.8 Å². The summed E-state index contributed by atoms with van der Waals surface area (Å²) < 4.78 is 1.16. The van der Waals surface area contributed by atoms with E-state index in [1.54, 1.807) is 0 Å². The maximum Gasteiger partial charge on any atom is 0.0478 e. The number of nitrogens with one attached hydrogen (secondary N) is 2. The normalized spacial score (nSPS) is 20.8. The monoisotopic (exact) mass is 342 g/mol. The fourth-order valence-corrected chi connectivity index (χ4v) is 3.88. The van der Waals surface area contributed by atoms with Crippen molar-refractivity contribution >= 4 is 26.8 Å². The second-order valence-electron chi connectivity index (χ2n) is 5.99. The Morgan fingerprint density at radius 2 is 2.29 bits per heavy atom. The molecule has 0 aliphatic heterocycles. The summed E-state index contributed by atoms with van der Waals surface area (Å²) in [6, 6.07) is 7.00. The molecule has 0 saturated carbocycles. The van der Waals surface area contributed by atoms with Crippen LogP contribution in [0.25, 0.3) is 10.9 Å². The number of halogens is 1. The average molecular weight is 343 g/mol. The van der Waals surface area contributed by atoms with Crippen LogP contribution in [0.3, 0.4) is 0 Å². The lowest BCUT2D eigenvalue weighted by Crippen LogP contribution is -2.26. The lowest BCUT2D eigenvalue weighted by atomic mass is 9.91. The van der Waals surface area contributed by atoms with Crippen molar-refractivity contribution in [3.05, 3.63) is 57.7 Å². The Morgan fingerprint density at radius 3 is 3.14 bits per heavy atom. The number of rotatable bonds is 3. The number of aryl methyl sites for hydroxylation is 1. The number of benzene rings is 1. The van der Waals surface area contributed by atoms with Crippen LogP contribution in [0.15, 0.2) is 46.5 Å². The molecule has 1 atom stereocenters. The van der Waals surface area contributed by atoms with Gasteiger partial charge in [-0.25, -0.2) is 0 Å². The zero-order chi connectivity index (χ0) is 14.2. The summed E-state index contributed by atoms with van der Waals surface area (Å²) in [6.07, 6.45) is 11.4. The third-order valence-corrected chi connectivity index (χ3v) is 5.09. The van der Waals surface area contributed by atoms with Gasteiger partial charge in [-0.15, -0.1) is 0 Å². The van der Waals surface area contributed by atoms with Gasteiger partial charge in [-0.05, 0) is 49.4 Å². The minimum atomic E-state index is 0.460. The Kier molecular flexibility index (Phi) is 3.48. The van der Waals surface area contributed by atoms with Crippen LogP contribution in [0.4, 0.5) is 0 Å². The first-order chi connectivity index (χ1) is 10.3. The molecule has 2 aliphatic rings. The molecule has 1 aromatic carbocycles. The lowest BCUT2D eigenvalue weighted by molar-refractivity contribution is 0.468. The third kappa shape index (κ3) is 2.49. The summed E-state index contributed by atoms with van der Waals surface area (Å²) in [4.78, 5) is 3.65. The molecule has 1 aromatic heterocycles. The van der Waals surface area contributed by atoms with Gasteiger partial charge in [0, 0.05) is 33.7 Å². The quantitative estimate of drug-likeness (QED) is 0.824. The van der Waals surface area contributed by atoms with E-state index in [2.05, 4.69) is 62.7 Å². The van der Waals surface area contributed by atoms with Crippen molar-refractivity contribution in [3.63, 3.8) is 0 Å². The van der Waals surface area contributed by atoms with Gasteiger partial charge in [0.1, 0.15) is 0 Å². The van der Waals surface area contributed by atoms with Crippen molar-refractivity contribution in [1.29, 1.82) is 0 Å². The Labute approximate surface area is 133 Å². The number of hydrogen-bond donors (Lipinski definition) is 2. The van der Waals surface area contributed by atoms with E-state index in [1.165, 1.54) is 47.0 Å². The molecule has 108 valence electrons. The molecule has 2 aliphatic carbocycles. The first-order valence-electron chi connectivity index (χ1n) is 7.69. The van der Waals surface area contributed by atoms with Crippen LogP contribution in [-0.2, 0) is 6.42 Å². The van der Waals surface area contributed by atoms with E-state index in [1.807, 2.05) is 0 Å². The summed E-state index contributed by atoms with van der Waals surface area (Å²) in [5, 5.41) is 5.13. The molecule has 1 unspecified atom stereocenters. The molecule has 2 N–H and O–H groups in total. The lowest BCUT2D eigenvalue weighted by Gasteiger charge is -2.24. The fraction of sp³-hybridized carbons (Fsp3) is 0.333. The summed E-state index contributed by atoms with van der Waals surface area (Å²) in [6.45, 7) is 0.996. The fourth-order valence-electron chi connectivity index (χ4n) is 3.52. The number of fused-ring (bicyclic) bond motifs is 3. The predicted octanol–water partition coefficient (Wildman–Crippen LogP) is 4.78. The van der Waals surface area contributed by atoms with E-state index < -0.39 is 0 Å². The van der Waals surface area contributed by atoms with Gasteiger partial charge >= 0.3 is 0 Å². The molecule has 0 radical (unpaired) electrons. The summed E-state index contributed by atoms with van der Waals surface area (Å²) in [7, 11) is 0. The Bertz CT molecular complexity index is 739. The number of allylic oxidation sites excluding steroid dienone is 3. The minimum absolute atomic E-state index is 0.460. The number of H-pyrrole nitrogens is 1. The molecular formula is C18H19BrN2. The number of aromatic nitrogens is 1. The molecule has 2 nitrogen and oxygen atoms in total. The van der Waals surface area contributed by atoms with E-state index in [4.69, 9.17) is 0 Å². The Morgan fingerprint density at radius 1 is 1.33 bits per heavy atom. The molecule has 21 heavy (non-hydrogen) atoms. The van der Waals surface area contributed by atoms with Crippen molar-refractivity contribution in [2.75, 3.05) is 6.54 Å². The van der Waals surface area contributed by atoms with E-state index in [0.29, 0.717) is 6.04 Å². The van der Waals surface area contributed by atoms with Crippen LogP contribution in [-0.4, -0.2) is 11.5 Å². The zero-order valence-corrected chi connectivity index (χ0v) is 13.5. The summed E-state index contributed by atoms with van der Waals surface area (Å²) >= 11 is 3.59. The molecule has 0 amide bonds. The summed E-state index contributed by atoms with van der Waals surface area (Å²) in [5.41, 5.74) is 5.66. The van der Waals surface area contributed by atoms with Gasteiger partial charge < -0.3 is 10.3 Å². The predicted molar refractivity (Wildman–Crippen MR) is 91.5 cm³/mol. The van der Waals surface area contributed by atoms with Crippen LogP contribution >= 0.6 is 15.9 Å². The first kappa shape index (κ1) is 13.4. The highest BCUT2D eigenvalue weighted by molar-refractivity contribution is 9.10. The standard InChI is InChI=1S/C18H19BrN2/c19-13-8-9-16-15(10-13)14-6-3-7-17(18(14)21-16)20-11-12-4-1-2-5-12/h1-2,4,8-10,17,20-21H,3,5-7,11H2. The minimum Gasteiger partial charge on any atom is -0.357 e. The van der Waals surface area contributed by atoms with E-state index in [-0.39, 0.29) is 0 Å². The highest BCUT2D eigenvalue weighted by atomic mass is 79.9. The largest absolute Gasteiger partial charge is 0.357 e. The second-order valence-corrected chi connectivity index (χ2v) is 6.91. The van der Waals surface area contributed by atoms with Gasteiger partial charge in [-0.2, -0.15) is 0 Å². The average Bonchev–Trinajstić information content (AvgIpc) is 3.12. The van der Waals surface area contributed by atoms with Crippen molar-refractivity contribution in [1.82, 2.24) is 10.3 Å². The molecule has 3 heteroatoms. The maximum atomic E-state index is 3.74. The maximum absolute atomic E-state index is 3.74. The van der Waals surface area contributed by atoms with Crippen LogP contribution in [0.5, 0.6) is 0 Å². The second kappa shape index (κ2) is 5.47. The van der Waals surface area contributed by atoms with Crippen LogP contribution in [0, 0.1) is 0 Å². The van der Waals surface area contributed by atoms with E-state index in [9.17, 15) is 0 Å². The molecule has 1 heterocycles. The van der Waals surface area contributed by atoms with Gasteiger partial charge in [-0.1, -0.05) is 39.7 Å². The highest BCUT2D eigenvalue weighted by Gasteiger charge is 2.24. The van der Waals surface area contributed by atoms with Gasteiger partial charge in [0.15, 0.2) is 0 Å². The van der Waals surface area contributed by atoms with Gasteiger partial charge in [0.2, 0.25) is 0 Å². The molecule has 0 saturated heterocycles. The zero-order valence-electron chi connectivity index (χ0n) is 12.0. The third-order valence-electron chi connectivity index (χ3n) is 4.59. The molecule has 0 fully saturated rings. The van der Waals surface area contributed by atoms with Crippen LogP contribution in [0.2, 0.25) is 0 Å². The van der Waals surface area contributed by atoms with Crippen molar-refractivity contribution in [2.24, 2.45) is 0 Å². The van der Waals surface area contributed by atoms with Crippen LogP contribution in [0.1, 0.15) is 36.6 Å². The van der Waals surface area contributed by atoms with Gasteiger partial charge in [-0.3, -0.25) is 0 Å². The molecule has 0 spiro atoms. The SMILES string of the molecule is Brc1ccc2[nH]c3c(c2c1)CCCC3NCC1=CC=CC1. The van der Waals surface area contributed by atoms with E-state index >= 15 is 0 Å².